The van der Waals surface area contributed by atoms with E-state index in [4.69, 9.17) is 12.2 Å². The largest absolute Gasteiger partial charge is 0.363 e. The molecular formula is C17H14N2O2S. The molecule has 1 aliphatic carbocycles. The molecular weight excluding hydrogens is 296 g/mol. The summed E-state index contributed by atoms with van der Waals surface area (Å²) in [7, 11) is 0. The second kappa shape index (κ2) is 5.69. The molecule has 0 saturated heterocycles. The zero-order valence-electron chi connectivity index (χ0n) is 12.0. The average molecular weight is 310 g/mol. The van der Waals surface area contributed by atoms with Crippen molar-refractivity contribution in [3.05, 3.63) is 64.7 Å². The van der Waals surface area contributed by atoms with Crippen molar-refractivity contribution in [3.8, 4) is 0 Å². The van der Waals surface area contributed by atoms with Gasteiger partial charge in [0.05, 0.1) is 11.3 Å². The first-order valence-corrected chi connectivity index (χ1v) is 7.40. The summed E-state index contributed by atoms with van der Waals surface area (Å²) in [6, 6.07) is 12.1. The van der Waals surface area contributed by atoms with Gasteiger partial charge in [-0.1, -0.05) is 36.4 Å². The van der Waals surface area contributed by atoms with Crippen molar-refractivity contribution in [2.75, 3.05) is 11.9 Å². The standard InChI is InChI=1S/C17H14N2O2S/c1-2-18-17(22)19-13-9-5-8-12-14(13)16(21)11-7-4-3-6-10(11)15(12)20/h3-9H,2H2,1H3,(H2,18,19,22). The molecule has 0 spiro atoms. The van der Waals surface area contributed by atoms with Crippen LogP contribution in [0.25, 0.3) is 0 Å². The molecule has 5 heteroatoms. The molecule has 0 amide bonds. The summed E-state index contributed by atoms with van der Waals surface area (Å²) in [6.45, 7) is 2.61. The van der Waals surface area contributed by atoms with Crippen LogP contribution in [-0.2, 0) is 0 Å². The van der Waals surface area contributed by atoms with Crippen LogP contribution in [0.4, 0.5) is 5.69 Å². The van der Waals surface area contributed by atoms with Gasteiger partial charge in [0.15, 0.2) is 16.7 Å². The molecule has 0 heterocycles. The lowest BCUT2D eigenvalue weighted by Gasteiger charge is -2.20. The van der Waals surface area contributed by atoms with E-state index in [2.05, 4.69) is 10.6 Å². The number of fused-ring (bicyclic) bond motifs is 2. The first-order chi connectivity index (χ1) is 10.6. The Kier molecular flexibility index (Phi) is 3.73. The SMILES string of the molecule is CCNC(=S)Nc1cccc2c1C(=O)c1ccccc1C2=O. The van der Waals surface area contributed by atoms with Crippen LogP contribution in [0, 0.1) is 0 Å². The van der Waals surface area contributed by atoms with Crippen molar-refractivity contribution in [1.29, 1.82) is 0 Å². The van der Waals surface area contributed by atoms with Gasteiger partial charge in [-0.3, -0.25) is 9.59 Å². The molecule has 0 bridgehead atoms. The first kappa shape index (κ1) is 14.4. The molecule has 2 aromatic rings. The third-order valence-corrected chi connectivity index (χ3v) is 3.78. The summed E-state index contributed by atoms with van der Waals surface area (Å²) < 4.78 is 0. The monoisotopic (exact) mass is 310 g/mol. The minimum atomic E-state index is -0.160. The van der Waals surface area contributed by atoms with E-state index in [9.17, 15) is 9.59 Å². The lowest BCUT2D eigenvalue weighted by Crippen LogP contribution is -2.30. The number of hydrogen-bond acceptors (Lipinski definition) is 3. The average Bonchev–Trinajstić information content (AvgIpc) is 2.53. The molecule has 0 aromatic heterocycles. The van der Waals surface area contributed by atoms with Gasteiger partial charge in [-0.05, 0) is 25.2 Å². The first-order valence-electron chi connectivity index (χ1n) is 6.99. The molecule has 0 radical (unpaired) electrons. The van der Waals surface area contributed by atoms with Crippen molar-refractivity contribution < 1.29 is 9.59 Å². The number of thiocarbonyl (C=S) groups is 1. The molecule has 2 N–H and O–H groups in total. The Morgan fingerprint density at radius 1 is 0.955 bits per heavy atom. The van der Waals surface area contributed by atoms with E-state index >= 15 is 0 Å². The summed E-state index contributed by atoms with van der Waals surface area (Å²) in [5.74, 6) is -0.296. The van der Waals surface area contributed by atoms with E-state index < -0.39 is 0 Å². The minimum Gasteiger partial charge on any atom is -0.363 e. The topological polar surface area (TPSA) is 58.2 Å². The lowest BCUT2D eigenvalue weighted by molar-refractivity contribution is 0.0979. The predicted molar refractivity (Wildman–Crippen MR) is 89.6 cm³/mol. The number of hydrogen-bond donors (Lipinski definition) is 2. The van der Waals surface area contributed by atoms with Crippen molar-refractivity contribution in [3.63, 3.8) is 0 Å². The molecule has 3 rings (SSSR count). The molecule has 0 atom stereocenters. The smallest absolute Gasteiger partial charge is 0.196 e. The van der Waals surface area contributed by atoms with Gasteiger partial charge in [0.1, 0.15) is 0 Å². The highest BCUT2D eigenvalue weighted by Crippen LogP contribution is 2.31. The molecule has 0 fully saturated rings. The van der Waals surface area contributed by atoms with Crippen LogP contribution >= 0.6 is 12.2 Å². The van der Waals surface area contributed by atoms with Crippen LogP contribution < -0.4 is 10.6 Å². The molecule has 0 saturated carbocycles. The van der Waals surface area contributed by atoms with Gasteiger partial charge in [-0.15, -0.1) is 0 Å². The van der Waals surface area contributed by atoms with Crippen molar-refractivity contribution in [2.24, 2.45) is 0 Å². The predicted octanol–water partition coefficient (Wildman–Crippen LogP) is 2.77. The summed E-state index contributed by atoms with van der Waals surface area (Å²) in [5.41, 5.74) is 2.23. The number of anilines is 1. The van der Waals surface area contributed by atoms with Crippen LogP contribution in [-0.4, -0.2) is 23.2 Å². The van der Waals surface area contributed by atoms with E-state index in [1.807, 2.05) is 6.92 Å². The Morgan fingerprint density at radius 3 is 2.27 bits per heavy atom. The number of rotatable bonds is 2. The maximum Gasteiger partial charge on any atom is 0.196 e. The van der Waals surface area contributed by atoms with Crippen LogP contribution in [0.3, 0.4) is 0 Å². The zero-order valence-corrected chi connectivity index (χ0v) is 12.8. The summed E-state index contributed by atoms with van der Waals surface area (Å²) >= 11 is 5.17. The second-order valence-corrected chi connectivity index (χ2v) is 5.32. The van der Waals surface area contributed by atoms with E-state index in [-0.39, 0.29) is 11.6 Å². The fourth-order valence-corrected chi connectivity index (χ4v) is 2.83. The van der Waals surface area contributed by atoms with Crippen LogP contribution in [0.1, 0.15) is 38.8 Å². The fraction of sp³-hybridized carbons (Fsp3) is 0.118. The molecule has 4 nitrogen and oxygen atoms in total. The van der Waals surface area contributed by atoms with Gasteiger partial charge in [0.25, 0.3) is 0 Å². The number of nitrogens with one attached hydrogen (secondary N) is 2. The van der Waals surface area contributed by atoms with Crippen LogP contribution in [0.2, 0.25) is 0 Å². The second-order valence-electron chi connectivity index (χ2n) is 4.92. The number of carbonyl (C=O) groups is 2. The van der Waals surface area contributed by atoms with Crippen molar-refractivity contribution >= 4 is 34.6 Å². The van der Waals surface area contributed by atoms with E-state index in [1.54, 1.807) is 42.5 Å². The third kappa shape index (κ3) is 2.29. The number of carbonyl (C=O) groups excluding carboxylic acids is 2. The molecule has 22 heavy (non-hydrogen) atoms. The summed E-state index contributed by atoms with van der Waals surface area (Å²) in [4.78, 5) is 25.3. The summed E-state index contributed by atoms with van der Waals surface area (Å²) in [5, 5.41) is 6.40. The van der Waals surface area contributed by atoms with Gasteiger partial charge in [-0.2, -0.15) is 0 Å². The quantitative estimate of drug-likeness (QED) is 0.713. The molecule has 110 valence electrons. The maximum atomic E-state index is 12.8. The minimum absolute atomic E-state index is 0.136. The highest BCUT2D eigenvalue weighted by atomic mass is 32.1. The number of benzene rings is 2. The highest BCUT2D eigenvalue weighted by molar-refractivity contribution is 7.80. The maximum absolute atomic E-state index is 12.8. The Morgan fingerprint density at radius 2 is 1.59 bits per heavy atom. The van der Waals surface area contributed by atoms with Gasteiger partial charge in [0.2, 0.25) is 0 Å². The van der Waals surface area contributed by atoms with Crippen molar-refractivity contribution in [1.82, 2.24) is 5.32 Å². The number of ketones is 2. The van der Waals surface area contributed by atoms with Crippen LogP contribution in [0.5, 0.6) is 0 Å². The highest BCUT2D eigenvalue weighted by Gasteiger charge is 2.31. The van der Waals surface area contributed by atoms with E-state index in [0.29, 0.717) is 39.6 Å². The Bertz CT molecular complexity index is 799. The van der Waals surface area contributed by atoms with E-state index in [0.717, 1.165) is 0 Å². The summed E-state index contributed by atoms with van der Waals surface area (Å²) in [6.07, 6.45) is 0. The fourth-order valence-electron chi connectivity index (χ4n) is 2.58. The zero-order chi connectivity index (χ0) is 15.7. The van der Waals surface area contributed by atoms with Gasteiger partial charge >= 0.3 is 0 Å². The van der Waals surface area contributed by atoms with Crippen LogP contribution in [0.15, 0.2) is 42.5 Å². The van der Waals surface area contributed by atoms with Gasteiger partial charge in [0, 0.05) is 23.2 Å². The molecule has 0 aliphatic heterocycles. The Labute approximate surface area is 133 Å². The Balaban J connectivity index is 2.11. The van der Waals surface area contributed by atoms with Gasteiger partial charge in [-0.25, -0.2) is 0 Å². The molecule has 0 unspecified atom stereocenters. The van der Waals surface area contributed by atoms with E-state index in [1.165, 1.54) is 0 Å². The van der Waals surface area contributed by atoms with Crippen molar-refractivity contribution in [2.45, 2.75) is 6.92 Å². The third-order valence-electron chi connectivity index (χ3n) is 3.54. The normalized spacial score (nSPS) is 12.4. The Hall–Kier alpha value is -2.53. The molecule has 2 aromatic carbocycles. The molecule has 1 aliphatic rings. The van der Waals surface area contributed by atoms with Gasteiger partial charge < -0.3 is 10.6 Å². The lowest BCUT2D eigenvalue weighted by atomic mass is 9.83.